The molecule has 53 heavy (non-hydrogen) atoms. The van der Waals surface area contributed by atoms with Crippen LogP contribution in [0, 0.1) is 57.3 Å². The standard InChI is InChI=1S/C49H36N4/c1-29-6-15-44-39(20-29)40-21-30(2)7-16-45(40)52(44)48-19-12-36(37-13-10-34(27-50)24-33(37)5)26-43(48)38-14-11-35(28-51)25-49(38)53-46-17-8-31(3)22-41(46)42-23-32(4)9-18-47(42)53/h6-26H,1-5H3. The number of fused-ring (bicyclic) bond motifs is 6. The second-order valence-corrected chi connectivity index (χ2v) is 14.5. The number of nitriles is 2. The molecule has 0 aliphatic rings. The summed E-state index contributed by atoms with van der Waals surface area (Å²) in [5.41, 5.74) is 17.8. The quantitative estimate of drug-likeness (QED) is 0.186. The molecule has 9 aromatic rings. The van der Waals surface area contributed by atoms with Gasteiger partial charge in [-0.3, -0.25) is 0 Å². The number of nitrogens with zero attached hydrogens (tertiary/aromatic N) is 4. The molecule has 0 amide bonds. The number of hydrogen-bond donors (Lipinski definition) is 0. The minimum absolute atomic E-state index is 0.599. The summed E-state index contributed by atoms with van der Waals surface area (Å²) < 4.78 is 4.73. The Morgan fingerprint density at radius 2 is 0.811 bits per heavy atom. The van der Waals surface area contributed by atoms with Crippen molar-refractivity contribution in [1.82, 2.24) is 9.13 Å². The van der Waals surface area contributed by atoms with Gasteiger partial charge in [0.2, 0.25) is 0 Å². The van der Waals surface area contributed by atoms with Crippen LogP contribution < -0.4 is 0 Å². The van der Waals surface area contributed by atoms with E-state index in [0.29, 0.717) is 11.1 Å². The maximum Gasteiger partial charge on any atom is 0.0992 e. The van der Waals surface area contributed by atoms with Gasteiger partial charge in [-0.15, -0.1) is 0 Å². The third-order valence-corrected chi connectivity index (χ3v) is 10.7. The van der Waals surface area contributed by atoms with Gasteiger partial charge in [-0.25, -0.2) is 0 Å². The molecule has 0 unspecified atom stereocenters. The summed E-state index contributed by atoms with van der Waals surface area (Å²) in [4.78, 5) is 0. The SMILES string of the molecule is Cc1ccc2c(c1)c1cc(C)ccc1n2-c1ccc(-c2ccc(C#N)cc2C)cc1-c1ccc(C#N)cc1-n1c2ccc(C)cc2c2cc(C)ccc21. The molecule has 0 aliphatic carbocycles. The first-order valence-corrected chi connectivity index (χ1v) is 18.0. The van der Waals surface area contributed by atoms with Gasteiger partial charge in [0.25, 0.3) is 0 Å². The number of rotatable bonds is 4. The molecule has 0 bridgehead atoms. The molecule has 0 radical (unpaired) electrons. The van der Waals surface area contributed by atoms with E-state index in [9.17, 15) is 10.5 Å². The molecule has 2 heterocycles. The van der Waals surface area contributed by atoms with E-state index in [4.69, 9.17) is 0 Å². The van der Waals surface area contributed by atoms with Gasteiger partial charge in [-0.2, -0.15) is 10.5 Å². The lowest BCUT2D eigenvalue weighted by molar-refractivity contribution is 1.16. The monoisotopic (exact) mass is 680 g/mol. The Morgan fingerprint density at radius 3 is 1.26 bits per heavy atom. The van der Waals surface area contributed by atoms with Crippen molar-refractivity contribution < 1.29 is 0 Å². The van der Waals surface area contributed by atoms with Gasteiger partial charge in [0, 0.05) is 32.7 Å². The van der Waals surface area contributed by atoms with Gasteiger partial charge in [0.1, 0.15) is 0 Å². The van der Waals surface area contributed by atoms with E-state index in [1.165, 1.54) is 43.8 Å². The van der Waals surface area contributed by atoms with Crippen molar-refractivity contribution in [3.8, 4) is 45.8 Å². The Hall–Kier alpha value is -6.88. The van der Waals surface area contributed by atoms with Gasteiger partial charge < -0.3 is 9.13 Å². The number of aromatic nitrogens is 2. The van der Waals surface area contributed by atoms with E-state index in [2.05, 4.69) is 159 Å². The first kappa shape index (κ1) is 32.1. The highest BCUT2D eigenvalue weighted by atomic mass is 15.0. The van der Waals surface area contributed by atoms with Crippen LogP contribution in [0.15, 0.2) is 127 Å². The number of benzene rings is 7. The molecule has 4 nitrogen and oxygen atoms in total. The van der Waals surface area contributed by atoms with E-state index in [-0.39, 0.29) is 0 Å². The Morgan fingerprint density at radius 1 is 0.377 bits per heavy atom. The van der Waals surface area contributed by atoms with Gasteiger partial charge in [-0.1, -0.05) is 64.7 Å². The maximum atomic E-state index is 10.3. The zero-order valence-electron chi connectivity index (χ0n) is 30.4. The summed E-state index contributed by atoms with van der Waals surface area (Å²) in [6.07, 6.45) is 0. The summed E-state index contributed by atoms with van der Waals surface area (Å²) in [5, 5.41) is 24.7. The van der Waals surface area contributed by atoms with Crippen molar-refractivity contribution in [2.45, 2.75) is 34.6 Å². The predicted molar refractivity (Wildman–Crippen MR) is 219 cm³/mol. The lowest BCUT2D eigenvalue weighted by Gasteiger charge is -2.20. The van der Waals surface area contributed by atoms with E-state index in [1.54, 1.807) is 0 Å². The smallest absolute Gasteiger partial charge is 0.0992 e. The highest BCUT2D eigenvalue weighted by Crippen LogP contribution is 2.43. The molecule has 0 saturated carbocycles. The first-order valence-electron chi connectivity index (χ1n) is 18.0. The van der Waals surface area contributed by atoms with Crippen LogP contribution >= 0.6 is 0 Å². The number of aryl methyl sites for hydroxylation is 5. The molecule has 2 aromatic heterocycles. The summed E-state index contributed by atoms with van der Waals surface area (Å²) in [6, 6.07) is 50.1. The summed E-state index contributed by atoms with van der Waals surface area (Å²) >= 11 is 0. The van der Waals surface area contributed by atoms with Crippen LogP contribution in [0.3, 0.4) is 0 Å². The van der Waals surface area contributed by atoms with Crippen molar-refractivity contribution in [1.29, 1.82) is 10.5 Å². The minimum atomic E-state index is 0.599. The molecule has 0 saturated heterocycles. The molecule has 4 heteroatoms. The largest absolute Gasteiger partial charge is 0.309 e. The van der Waals surface area contributed by atoms with Crippen molar-refractivity contribution in [2.75, 3.05) is 0 Å². The normalized spacial score (nSPS) is 11.5. The average Bonchev–Trinajstić information content (AvgIpc) is 3.65. The van der Waals surface area contributed by atoms with Gasteiger partial charge in [0.05, 0.1) is 56.7 Å². The van der Waals surface area contributed by atoms with Crippen LogP contribution in [0.4, 0.5) is 0 Å². The third kappa shape index (κ3) is 5.11. The Labute approximate surface area is 309 Å². The third-order valence-electron chi connectivity index (χ3n) is 10.7. The molecule has 252 valence electrons. The predicted octanol–water partition coefficient (Wildman–Crippen LogP) is 12.5. The van der Waals surface area contributed by atoms with Gasteiger partial charge >= 0.3 is 0 Å². The minimum Gasteiger partial charge on any atom is -0.309 e. The number of hydrogen-bond acceptors (Lipinski definition) is 2. The van der Waals surface area contributed by atoms with Crippen LogP contribution in [0.2, 0.25) is 0 Å². The summed E-state index contributed by atoms with van der Waals surface area (Å²) in [5.74, 6) is 0. The fourth-order valence-corrected chi connectivity index (χ4v) is 8.21. The molecule has 0 spiro atoms. The Balaban J connectivity index is 1.43. The van der Waals surface area contributed by atoms with Crippen LogP contribution in [-0.4, -0.2) is 9.13 Å². The highest BCUT2D eigenvalue weighted by molar-refractivity contribution is 6.12. The van der Waals surface area contributed by atoms with Gasteiger partial charge in [-0.05, 0) is 136 Å². The zero-order chi connectivity index (χ0) is 36.5. The van der Waals surface area contributed by atoms with E-state index < -0.39 is 0 Å². The molecule has 9 rings (SSSR count). The second kappa shape index (κ2) is 12.1. The van der Waals surface area contributed by atoms with E-state index in [1.807, 2.05) is 24.3 Å². The van der Waals surface area contributed by atoms with Gasteiger partial charge in [0.15, 0.2) is 0 Å². The van der Waals surface area contributed by atoms with Crippen molar-refractivity contribution in [2.24, 2.45) is 0 Å². The zero-order valence-corrected chi connectivity index (χ0v) is 30.4. The second-order valence-electron chi connectivity index (χ2n) is 14.5. The summed E-state index contributed by atoms with van der Waals surface area (Å²) in [7, 11) is 0. The lowest BCUT2D eigenvalue weighted by Crippen LogP contribution is -2.03. The molecule has 7 aromatic carbocycles. The topological polar surface area (TPSA) is 57.4 Å². The van der Waals surface area contributed by atoms with Crippen molar-refractivity contribution in [3.63, 3.8) is 0 Å². The van der Waals surface area contributed by atoms with Crippen LogP contribution in [-0.2, 0) is 0 Å². The Bertz CT molecular complexity index is 2960. The van der Waals surface area contributed by atoms with Crippen LogP contribution in [0.25, 0.3) is 77.2 Å². The van der Waals surface area contributed by atoms with Crippen molar-refractivity contribution in [3.05, 3.63) is 166 Å². The van der Waals surface area contributed by atoms with Crippen LogP contribution in [0.1, 0.15) is 38.9 Å². The summed E-state index contributed by atoms with van der Waals surface area (Å²) in [6.45, 7) is 10.6. The van der Waals surface area contributed by atoms with E-state index in [0.717, 1.165) is 61.3 Å². The molecule has 0 aliphatic heterocycles. The average molecular weight is 681 g/mol. The molecule has 0 atom stereocenters. The fraction of sp³-hybridized carbons (Fsp3) is 0.102. The first-order chi connectivity index (χ1) is 25.7. The fourth-order valence-electron chi connectivity index (χ4n) is 8.21. The molecular formula is C49H36N4. The molecule has 0 fully saturated rings. The lowest BCUT2D eigenvalue weighted by atomic mass is 9.92. The Kier molecular flexibility index (Phi) is 7.33. The highest BCUT2D eigenvalue weighted by Gasteiger charge is 2.22. The van der Waals surface area contributed by atoms with Crippen molar-refractivity contribution >= 4 is 43.6 Å². The van der Waals surface area contributed by atoms with E-state index >= 15 is 0 Å². The maximum absolute atomic E-state index is 10.3. The molecule has 0 N–H and O–H groups in total. The van der Waals surface area contributed by atoms with Crippen LogP contribution in [0.5, 0.6) is 0 Å². The molecular weight excluding hydrogens is 645 g/mol.